The molecule has 1 aromatic heterocycles. The molecule has 0 aliphatic rings. The number of pyridine rings is 1. The van der Waals surface area contributed by atoms with Gasteiger partial charge in [0.1, 0.15) is 5.69 Å². The van der Waals surface area contributed by atoms with Crippen molar-refractivity contribution in [1.82, 2.24) is 4.98 Å². The van der Waals surface area contributed by atoms with Gasteiger partial charge in [-0.15, -0.1) is 0 Å². The van der Waals surface area contributed by atoms with Crippen LogP contribution in [0.1, 0.15) is 27.2 Å². The van der Waals surface area contributed by atoms with Crippen LogP contribution in [0.3, 0.4) is 0 Å². The summed E-state index contributed by atoms with van der Waals surface area (Å²) in [6.45, 7) is 3.75. The minimum Gasteiger partial charge on any atom is -0.480 e. The molecule has 0 amide bonds. The second-order valence-corrected chi connectivity index (χ2v) is 6.01. The molecule has 0 unspecified atom stereocenters. The van der Waals surface area contributed by atoms with Crippen LogP contribution in [-0.4, -0.2) is 30.3 Å². The third kappa shape index (κ3) is 4.32. The maximum atomic E-state index is 12.1. The van der Waals surface area contributed by atoms with Crippen molar-refractivity contribution < 1.29 is 14.4 Å². The minimum absolute atomic E-state index is 0.0636. The van der Waals surface area contributed by atoms with Gasteiger partial charge in [0.15, 0.2) is 12.4 Å². The predicted octanol–water partition coefficient (Wildman–Crippen LogP) is 2.99. The van der Waals surface area contributed by atoms with E-state index >= 15 is 0 Å². The Balaban J connectivity index is 2.02. The molecule has 0 fully saturated rings. The van der Waals surface area contributed by atoms with Crippen LogP contribution in [0, 0.1) is 13.8 Å². The first kappa shape index (κ1) is 17.9. The van der Waals surface area contributed by atoms with Crippen LogP contribution in [0.4, 0.5) is 0 Å². The van der Waals surface area contributed by atoms with Crippen LogP contribution in [-0.2, 0) is 4.84 Å². The highest BCUT2D eigenvalue weighted by Crippen LogP contribution is 2.21. The maximum Gasteiger partial charge on any atom is 0.228 e. The number of nitrogens with two attached hydrogens (primary N) is 1. The number of aryl methyl sites for hydroxylation is 2. The monoisotopic (exact) mass is 391 g/mol. The van der Waals surface area contributed by atoms with Crippen molar-refractivity contribution >= 4 is 27.5 Å². The number of rotatable bonds is 6. The van der Waals surface area contributed by atoms with E-state index in [1.54, 1.807) is 18.2 Å². The summed E-state index contributed by atoms with van der Waals surface area (Å²) in [5, 5.41) is 3.75. The number of methoxy groups -OCH3 is 1. The van der Waals surface area contributed by atoms with E-state index in [9.17, 15) is 4.79 Å². The van der Waals surface area contributed by atoms with Gasteiger partial charge in [-0.2, -0.15) is 0 Å². The van der Waals surface area contributed by atoms with Crippen molar-refractivity contribution in [3.05, 3.63) is 57.2 Å². The SMILES string of the molecule is COc1nc(/C(N)=N/OCC(=O)c2ccc(C)c(C)c2)ccc1Br. The molecule has 2 rings (SSSR count). The highest BCUT2D eigenvalue weighted by Gasteiger charge is 2.10. The average Bonchev–Trinajstić information content (AvgIpc) is 2.57. The third-order valence-corrected chi connectivity index (χ3v) is 4.06. The predicted molar refractivity (Wildman–Crippen MR) is 95.4 cm³/mol. The average molecular weight is 392 g/mol. The van der Waals surface area contributed by atoms with Gasteiger partial charge in [0, 0.05) is 5.56 Å². The van der Waals surface area contributed by atoms with E-state index in [1.807, 2.05) is 26.0 Å². The van der Waals surface area contributed by atoms with E-state index in [-0.39, 0.29) is 18.2 Å². The van der Waals surface area contributed by atoms with Crippen LogP contribution in [0.25, 0.3) is 0 Å². The van der Waals surface area contributed by atoms with Gasteiger partial charge in [-0.25, -0.2) is 4.98 Å². The summed E-state index contributed by atoms with van der Waals surface area (Å²) >= 11 is 3.30. The summed E-state index contributed by atoms with van der Waals surface area (Å²) in [6.07, 6.45) is 0. The molecule has 6 nitrogen and oxygen atoms in total. The molecular formula is C17H18BrN3O3. The van der Waals surface area contributed by atoms with Gasteiger partial charge in [-0.05, 0) is 59.1 Å². The fourth-order valence-corrected chi connectivity index (χ4v) is 2.30. The molecule has 0 aliphatic carbocycles. The first-order valence-electron chi connectivity index (χ1n) is 7.19. The third-order valence-electron chi connectivity index (χ3n) is 3.46. The molecular weight excluding hydrogens is 374 g/mol. The summed E-state index contributed by atoms with van der Waals surface area (Å²) in [6, 6.07) is 8.90. The number of aromatic nitrogens is 1. The standard InChI is InChI=1S/C17H18BrN3O3/c1-10-4-5-12(8-11(10)2)15(22)9-24-21-16(19)14-7-6-13(18)17(20-14)23-3/h4-8H,9H2,1-3H3,(H2,19,21). The summed E-state index contributed by atoms with van der Waals surface area (Å²) in [7, 11) is 1.50. The number of nitrogens with zero attached hydrogens (tertiary/aromatic N) is 2. The summed E-state index contributed by atoms with van der Waals surface area (Å²) in [5.41, 5.74) is 8.97. The van der Waals surface area contributed by atoms with Crippen molar-refractivity contribution in [2.45, 2.75) is 13.8 Å². The Kier molecular flexibility index (Phi) is 5.92. The van der Waals surface area contributed by atoms with Crippen molar-refractivity contribution in [1.29, 1.82) is 0 Å². The van der Waals surface area contributed by atoms with Crippen LogP contribution in [0.15, 0.2) is 40.0 Å². The lowest BCUT2D eigenvalue weighted by molar-refractivity contribution is 0.0775. The Labute approximate surface area is 148 Å². The number of amidine groups is 1. The second kappa shape index (κ2) is 7.92. The smallest absolute Gasteiger partial charge is 0.228 e. The van der Waals surface area contributed by atoms with Crippen LogP contribution in [0.2, 0.25) is 0 Å². The molecule has 0 atom stereocenters. The van der Waals surface area contributed by atoms with Gasteiger partial charge < -0.3 is 15.3 Å². The molecule has 1 aromatic carbocycles. The largest absolute Gasteiger partial charge is 0.480 e. The van der Waals surface area contributed by atoms with E-state index in [0.29, 0.717) is 21.6 Å². The first-order valence-corrected chi connectivity index (χ1v) is 7.98. The molecule has 0 saturated heterocycles. The van der Waals surface area contributed by atoms with E-state index in [0.717, 1.165) is 11.1 Å². The zero-order valence-corrected chi connectivity index (χ0v) is 15.3. The summed E-state index contributed by atoms with van der Waals surface area (Å²) in [5.74, 6) is 0.279. The molecule has 0 saturated carbocycles. The molecule has 7 heteroatoms. The number of benzene rings is 1. The number of carbonyl (C=O) groups is 1. The Morgan fingerprint density at radius 1 is 1.25 bits per heavy atom. The van der Waals surface area contributed by atoms with Gasteiger partial charge in [0.2, 0.25) is 11.7 Å². The molecule has 1 heterocycles. The molecule has 0 bridgehead atoms. The number of ketones is 1. The van der Waals surface area contributed by atoms with E-state index in [1.165, 1.54) is 7.11 Å². The van der Waals surface area contributed by atoms with Gasteiger partial charge in [-0.3, -0.25) is 4.79 Å². The zero-order chi connectivity index (χ0) is 17.7. The lowest BCUT2D eigenvalue weighted by Gasteiger charge is -2.06. The Morgan fingerprint density at radius 3 is 2.67 bits per heavy atom. The van der Waals surface area contributed by atoms with Crippen molar-refractivity contribution in [2.24, 2.45) is 10.9 Å². The van der Waals surface area contributed by atoms with Crippen molar-refractivity contribution in [3.8, 4) is 5.88 Å². The summed E-state index contributed by atoms with van der Waals surface area (Å²) < 4.78 is 5.79. The van der Waals surface area contributed by atoms with E-state index < -0.39 is 0 Å². The van der Waals surface area contributed by atoms with Gasteiger partial charge in [-0.1, -0.05) is 17.3 Å². The quantitative estimate of drug-likeness (QED) is 0.354. The number of halogens is 1. The molecule has 0 spiro atoms. The Bertz CT molecular complexity index is 791. The first-order chi connectivity index (χ1) is 11.4. The fourth-order valence-electron chi connectivity index (χ4n) is 1.91. The van der Waals surface area contributed by atoms with Gasteiger partial charge in [0.25, 0.3) is 0 Å². The lowest BCUT2D eigenvalue weighted by atomic mass is 10.0. The molecule has 126 valence electrons. The topological polar surface area (TPSA) is 86.8 Å². The van der Waals surface area contributed by atoms with E-state index in [2.05, 4.69) is 26.1 Å². The normalized spacial score (nSPS) is 11.2. The molecule has 0 radical (unpaired) electrons. The molecule has 24 heavy (non-hydrogen) atoms. The second-order valence-electron chi connectivity index (χ2n) is 5.16. The molecule has 0 aliphatic heterocycles. The van der Waals surface area contributed by atoms with Gasteiger partial charge >= 0.3 is 0 Å². The van der Waals surface area contributed by atoms with Crippen LogP contribution >= 0.6 is 15.9 Å². The van der Waals surface area contributed by atoms with Crippen molar-refractivity contribution in [3.63, 3.8) is 0 Å². The number of ether oxygens (including phenoxy) is 1. The highest BCUT2D eigenvalue weighted by atomic mass is 79.9. The number of Topliss-reactive ketones (excluding diaryl/α,β-unsaturated/α-hetero) is 1. The van der Waals surface area contributed by atoms with Gasteiger partial charge in [0.05, 0.1) is 11.6 Å². The van der Waals surface area contributed by atoms with Crippen LogP contribution in [0.5, 0.6) is 5.88 Å². The molecule has 2 N–H and O–H groups in total. The number of hydrogen-bond donors (Lipinski definition) is 1. The zero-order valence-electron chi connectivity index (χ0n) is 13.7. The number of oxime groups is 1. The minimum atomic E-state index is -0.198. The van der Waals surface area contributed by atoms with E-state index in [4.69, 9.17) is 15.3 Å². The number of carbonyl (C=O) groups excluding carboxylic acids is 1. The summed E-state index contributed by atoms with van der Waals surface area (Å²) in [4.78, 5) is 21.3. The Morgan fingerprint density at radius 2 is 2.00 bits per heavy atom. The van der Waals surface area contributed by atoms with Crippen molar-refractivity contribution in [2.75, 3.05) is 13.7 Å². The lowest BCUT2D eigenvalue weighted by Crippen LogP contribution is -2.17. The number of hydrogen-bond acceptors (Lipinski definition) is 5. The maximum absolute atomic E-state index is 12.1. The Hall–Kier alpha value is -2.41. The highest BCUT2D eigenvalue weighted by molar-refractivity contribution is 9.10. The fraction of sp³-hybridized carbons (Fsp3) is 0.235. The molecule has 2 aromatic rings. The van der Waals surface area contributed by atoms with Crippen LogP contribution < -0.4 is 10.5 Å².